The van der Waals surface area contributed by atoms with E-state index < -0.39 is 10.8 Å². The Hall–Kier alpha value is -3.26. The van der Waals surface area contributed by atoms with Gasteiger partial charge < -0.3 is 5.32 Å². The highest BCUT2D eigenvalue weighted by atomic mass is 35.5. The van der Waals surface area contributed by atoms with Gasteiger partial charge in [-0.2, -0.15) is 5.10 Å². The SMILES string of the molecule is C/C(CC(=O)N[C@H](C)c1ccccc1)=N/NC(=O)c1ccc([N+](=O)[O-])c(Cl)c1. The molecule has 2 N–H and O–H groups in total. The molecule has 0 saturated carbocycles. The average Bonchev–Trinajstić information content (AvgIpc) is 2.66. The van der Waals surface area contributed by atoms with Crippen molar-refractivity contribution in [1.29, 1.82) is 0 Å². The fourth-order valence-electron chi connectivity index (χ4n) is 2.40. The maximum atomic E-state index is 12.1. The van der Waals surface area contributed by atoms with E-state index in [4.69, 9.17) is 11.6 Å². The number of nitro benzene ring substituents is 1. The van der Waals surface area contributed by atoms with Crippen molar-refractivity contribution in [3.63, 3.8) is 0 Å². The van der Waals surface area contributed by atoms with E-state index in [-0.39, 0.29) is 34.6 Å². The minimum absolute atomic E-state index is 0.0124. The van der Waals surface area contributed by atoms with Crippen LogP contribution in [0.3, 0.4) is 0 Å². The number of benzene rings is 2. The van der Waals surface area contributed by atoms with Gasteiger partial charge in [0.05, 0.1) is 17.4 Å². The number of nitrogens with one attached hydrogen (secondary N) is 2. The van der Waals surface area contributed by atoms with Gasteiger partial charge in [-0.15, -0.1) is 0 Å². The standard InChI is InChI=1S/C19H19ClN4O4/c1-12(10-18(25)21-13(2)14-6-4-3-5-7-14)22-23-19(26)15-8-9-17(24(27)28)16(20)11-15/h3-9,11,13H,10H2,1-2H3,(H,21,25)(H,23,26)/b22-12-/t13-/m1/s1. The molecule has 146 valence electrons. The van der Waals surface area contributed by atoms with E-state index in [1.807, 2.05) is 37.3 Å². The molecule has 0 aromatic heterocycles. The molecule has 1 atom stereocenters. The van der Waals surface area contributed by atoms with Crippen LogP contribution < -0.4 is 10.7 Å². The Morgan fingerprint density at radius 1 is 1.21 bits per heavy atom. The Balaban J connectivity index is 1.91. The smallest absolute Gasteiger partial charge is 0.287 e. The number of halogens is 1. The summed E-state index contributed by atoms with van der Waals surface area (Å²) in [7, 11) is 0. The Bertz CT molecular complexity index is 915. The van der Waals surface area contributed by atoms with Crippen molar-refractivity contribution in [3.8, 4) is 0 Å². The molecule has 2 aromatic rings. The zero-order valence-corrected chi connectivity index (χ0v) is 16.1. The van der Waals surface area contributed by atoms with E-state index in [1.165, 1.54) is 12.1 Å². The van der Waals surface area contributed by atoms with E-state index in [0.717, 1.165) is 11.6 Å². The molecule has 0 aliphatic heterocycles. The highest BCUT2D eigenvalue weighted by molar-refractivity contribution is 6.33. The van der Waals surface area contributed by atoms with E-state index in [0.29, 0.717) is 5.71 Å². The van der Waals surface area contributed by atoms with Crippen molar-refractivity contribution < 1.29 is 14.5 Å². The molecule has 0 unspecified atom stereocenters. The molecule has 0 fully saturated rings. The molecule has 0 aliphatic carbocycles. The Morgan fingerprint density at radius 2 is 1.89 bits per heavy atom. The minimum atomic E-state index is -0.638. The summed E-state index contributed by atoms with van der Waals surface area (Å²) in [5, 5.41) is 17.3. The van der Waals surface area contributed by atoms with E-state index in [2.05, 4.69) is 15.8 Å². The summed E-state index contributed by atoms with van der Waals surface area (Å²) in [6, 6.07) is 13.0. The van der Waals surface area contributed by atoms with Crippen LogP contribution in [0.15, 0.2) is 53.6 Å². The van der Waals surface area contributed by atoms with Crippen molar-refractivity contribution in [2.24, 2.45) is 5.10 Å². The van der Waals surface area contributed by atoms with Gasteiger partial charge in [-0.05, 0) is 31.5 Å². The number of rotatable bonds is 7. The molecule has 0 saturated heterocycles. The predicted octanol–water partition coefficient (Wildman–Crippen LogP) is 3.62. The van der Waals surface area contributed by atoms with Crippen molar-refractivity contribution >= 4 is 34.8 Å². The van der Waals surface area contributed by atoms with Crippen LogP contribution in [-0.2, 0) is 4.79 Å². The first-order chi connectivity index (χ1) is 13.3. The Kier molecular flexibility index (Phi) is 7.22. The summed E-state index contributed by atoms with van der Waals surface area (Å²) in [6.45, 7) is 3.48. The van der Waals surface area contributed by atoms with E-state index >= 15 is 0 Å². The van der Waals surface area contributed by atoms with Gasteiger partial charge in [-0.25, -0.2) is 5.43 Å². The van der Waals surface area contributed by atoms with Gasteiger partial charge in [0.2, 0.25) is 5.91 Å². The van der Waals surface area contributed by atoms with Gasteiger partial charge in [0.25, 0.3) is 11.6 Å². The van der Waals surface area contributed by atoms with Gasteiger partial charge in [0.1, 0.15) is 5.02 Å². The minimum Gasteiger partial charge on any atom is -0.349 e. The van der Waals surface area contributed by atoms with Crippen LogP contribution in [0.5, 0.6) is 0 Å². The fourth-order valence-corrected chi connectivity index (χ4v) is 2.65. The van der Waals surface area contributed by atoms with E-state index in [1.54, 1.807) is 6.92 Å². The molecule has 2 amide bonds. The lowest BCUT2D eigenvalue weighted by Gasteiger charge is -2.14. The lowest BCUT2D eigenvalue weighted by molar-refractivity contribution is -0.384. The van der Waals surface area contributed by atoms with Crippen LogP contribution >= 0.6 is 11.6 Å². The number of hydrazone groups is 1. The third-order valence-electron chi connectivity index (χ3n) is 3.85. The predicted molar refractivity (Wildman–Crippen MR) is 106 cm³/mol. The quantitative estimate of drug-likeness (QED) is 0.418. The Morgan fingerprint density at radius 3 is 2.50 bits per heavy atom. The van der Waals surface area contributed by atoms with Crippen molar-refractivity contribution in [2.75, 3.05) is 0 Å². The number of hydrogen-bond acceptors (Lipinski definition) is 5. The third kappa shape index (κ3) is 5.88. The zero-order valence-electron chi connectivity index (χ0n) is 15.3. The van der Waals surface area contributed by atoms with Gasteiger partial charge in [-0.1, -0.05) is 41.9 Å². The third-order valence-corrected chi connectivity index (χ3v) is 4.15. The maximum absolute atomic E-state index is 12.1. The molecular weight excluding hydrogens is 384 g/mol. The second-order valence-electron chi connectivity index (χ2n) is 6.09. The lowest BCUT2D eigenvalue weighted by Crippen LogP contribution is -2.28. The van der Waals surface area contributed by atoms with Crippen molar-refractivity contribution in [3.05, 3.63) is 74.8 Å². The summed E-state index contributed by atoms with van der Waals surface area (Å²) in [5.41, 5.74) is 3.52. The van der Waals surface area contributed by atoms with Gasteiger partial charge in [0, 0.05) is 17.3 Å². The summed E-state index contributed by atoms with van der Waals surface area (Å²) >= 11 is 5.79. The topological polar surface area (TPSA) is 114 Å². The normalized spacial score (nSPS) is 12.2. The molecular formula is C19H19ClN4O4. The number of nitrogens with zero attached hydrogens (tertiary/aromatic N) is 2. The molecule has 0 spiro atoms. The molecule has 8 nitrogen and oxygen atoms in total. The largest absolute Gasteiger partial charge is 0.349 e. The first-order valence-electron chi connectivity index (χ1n) is 8.39. The molecule has 0 aliphatic rings. The van der Waals surface area contributed by atoms with Crippen LogP contribution in [0.4, 0.5) is 5.69 Å². The monoisotopic (exact) mass is 402 g/mol. The van der Waals surface area contributed by atoms with Crippen LogP contribution in [0.1, 0.15) is 42.2 Å². The average molecular weight is 403 g/mol. The summed E-state index contributed by atoms with van der Waals surface area (Å²) in [5.74, 6) is -0.820. The molecule has 2 rings (SSSR count). The van der Waals surface area contributed by atoms with Crippen LogP contribution in [0.25, 0.3) is 0 Å². The van der Waals surface area contributed by atoms with Gasteiger partial charge >= 0.3 is 0 Å². The molecule has 28 heavy (non-hydrogen) atoms. The number of carbonyl (C=O) groups is 2. The number of hydrogen-bond donors (Lipinski definition) is 2. The first-order valence-corrected chi connectivity index (χ1v) is 8.77. The van der Waals surface area contributed by atoms with Crippen LogP contribution in [-0.4, -0.2) is 22.4 Å². The molecule has 0 bridgehead atoms. The second-order valence-corrected chi connectivity index (χ2v) is 6.50. The highest BCUT2D eigenvalue weighted by Gasteiger charge is 2.15. The molecule has 9 heteroatoms. The van der Waals surface area contributed by atoms with E-state index in [9.17, 15) is 19.7 Å². The maximum Gasteiger partial charge on any atom is 0.287 e. The lowest BCUT2D eigenvalue weighted by atomic mass is 10.1. The van der Waals surface area contributed by atoms with Gasteiger partial charge in [-0.3, -0.25) is 19.7 Å². The zero-order chi connectivity index (χ0) is 20.7. The first kappa shape index (κ1) is 21.0. The summed E-state index contributed by atoms with van der Waals surface area (Å²) in [6.07, 6.45) is 0.0124. The second kappa shape index (κ2) is 9.61. The molecule has 0 radical (unpaired) electrons. The highest BCUT2D eigenvalue weighted by Crippen LogP contribution is 2.24. The van der Waals surface area contributed by atoms with Gasteiger partial charge in [0.15, 0.2) is 0 Å². The number of amides is 2. The number of carbonyl (C=O) groups excluding carboxylic acids is 2. The molecule has 2 aromatic carbocycles. The van der Waals surface area contributed by atoms with Crippen LogP contribution in [0, 0.1) is 10.1 Å². The number of nitro groups is 1. The Labute approximate surface area is 166 Å². The fraction of sp³-hybridized carbons (Fsp3) is 0.211. The van der Waals surface area contributed by atoms with Crippen LogP contribution in [0.2, 0.25) is 5.02 Å². The van der Waals surface area contributed by atoms with Crippen molar-refractivity contribution in [2.45, 2.75) is 26.3 Å². The van der Waals surface area contributed by atoms with Crippen molar-refractivity contribution in [1.82, 2.24) is 10.7 Å². The summed E-state index contributed by atoms with van der Waals surface area (Å²) in [4.78, 5) is 34.3. The molecule has 0 heterocycles. The summed E-state index contributed by atoms with van der Waals surface area (Å²) < 4.78 is 0.